The quantitative estimate of drug-likeness (QED) is 0.266. The van der Waals surface area contributed by atoms with Crippen LogP contribution in [0.1, 0.15) is 41.9 Å². The summed E-state index contributed by atoms with van der Waals surface area (Å²) in [6.07, 6.45) is 3.60. The lowest BCUT2D eigenvalue weighted by molar-refractivity contribution is 0.0857. The zero-order valence-corrected chi connectivity index (χ0v) is 21.0. The molecule has 4 N–H and O–H groups in total. The van der Waals surface area contributed by atoms with Crippen LogP contribution in [0, 0.1) is 5.82 Å². The summed E-state index contributed by atoms with van der Waals surface area (Å²) in [6, 6.07) is 10.1. The van der Waals surface area contributed by atoms with Gasteiger partial charge in [-0.15, -0.1) is 0 Å². The second-order valence-corrected chi connectivity index (χ2v) is 9.50. The minimum Gasteiger partial charge on any atom is -0.370 e. The molecule has 0 unspecified atom stereocenters. The van der Waals surface area contributed by atoms with Gasteiger partial charge in [0.15, 0.2) is 5.96 Å². The van der Waals surface area contributed by atoms with Gasteiger partial charge in [0.1, 0.15) is 5.82 Å². The van der Waals surface area contributed by atoms with Crippen LogP contribution < -0.4 is 16.4 Å². The van der Waals surface area contributed by atoms with E-state index in [1.54, 1.807) is 37.4 Å². The molecule has 2 atom stereocenters. The Balaban J connectivity index is 1.71. The zero-order valence-electron chi connectivity index (χ0n) is 21.0. The van der Waals surface area contributed by atoms with Gasteiger partial charge in [-0.25, -0.2) is 8.78 Å². The number of nitrogens with zero attached hydrogens (tertiary/aromatic N) is 3. The van der Waals surface area contributed by atoms with E-state index in [0.717, 1.165) is 18.7 Å². The number of hydrogen-bond acceptors (Lipinski definition) is 4. The first-order valence-corrected chi connectivity index (χ1v) is 11.9. The van der Waals surface area contributed by atoms with Crippen LogP contribution in [0.3, 0.4) is 0 Å². The lowest BCUT2D eigenvalue weighted by Crippen LogP contribution is -2.57. The van der Waals surface area contributed by atoms with Crippen molar-refractivity contribution in [3.63, 3.8) is 0 Å². The van der Waals surface area contributed by atoms with Crippen molar-refractivity contribution in [1.82, 2.24) is 20.5 Å². The highest BCUT2D eigenvalue weighted by atomic mass is 19.1. The topological polar surface area (TPSA) is 95.6 Å². The van der Waals surface area contributed by atoms with Crippen LogP contribution in [0.15, 0.2) is 66.4 Å². The lowest BCUT2D eigenvalue weighted by atomic mass is 9.81. The minimum atomic E-state index is -1.18. The fourth-order valence-corrected chi connectivity index (χ4v) is 4.30. The molecule has 1 amide bonds. The van der Waals surface area contributed by atoms with Crippen molar-refractivity contribution in [2.45, 2.75) is 37.9 Å². The Bertz CT molecular complexity index is 1140. The fourth-order valence-electron chi connectivity index (χ4n) is 4.30. The van der Waals surface area contributed by atoms with E-state index < -0.39 is 17.4 Å². The molecule has 1 aliphatic rings. The van der Waals surface area contributed by atoms with Crippen molar-refractivity contribution >= 4 is 17.4 Å². The van der Waals surface area contributed by atoms with Crippen molar-refractivity contribution in [3.8, 4) is 0 Å². The number of nitrogens with one attached hydrogen (secondary N) is 2. The molecule has 192 valence electrons. The van der Waals surface area contributed by atoms with Crippen LogP contribution in [-0.2, 0) is 5.41 Å². The van der Waals surface area contributed by atoms with Gasteiger partial charge in [0.05, 0.1) is 24.5 Å². The van der Waals surface area contributed by atoms with Crippen molar-refractivity contribution < 1.29 is 13.6 Å². The highest BCUT2D eigenvalue weighted by Crippen LogP contribution is 2.30. The van der Waals surface area contributed by atoms with Gasteiger partial charge in [-0.05, 0) is 55.8 Å². The largest absolute Gasteiger partial charge is 0.370 e. The molecule has 1 aliphatic heterocycles. The first kappa shape index (κ1) is 27.0. The zero-order chi connectivity index (χ0) is 26.3. The third kappa shape index (κ3) is 6.97. The second kappa shape index (κ2) is 11.9. The number of likely N-dealkylation sites (N-methyl/N-ethyl adjacent to an activating group) is 1. The number of benzene rings is 1. The molecule has 0 spiro atoms. The number of aliphatic imine (C=N–C) groups is 1. The molecular weight excluding hydrogens is 462 g/mol. The molecule has 2 aromatic rings. The van der Waals surface area contributed by atoms with Crippen LogP contribution in [0.5, 0.6) is 0 Å². The number of carbonyl (C=O) groups excluding carboxylic acids is 1. The summed E-state index contributed by atoms with van der Waals surface area (Å²) in [6.45, 7) is 8.70. The van der Waals surface area contributed by atoms with Crippen LogP contribution in [0.4, 0.5) is 8.78 Å². The summed E-state index contributed by atoms with van der Waals surface area (Å²) in [5.41, 5.74) is 7.25. The van der Waals surface area contributed by atoms with E-state index in [9.17, 15) is 13.6 Å². The molecule has 0 saturated carbocycles. The van der Waals surface area contributed by atoms with Gasteiger partial charge in [-0.3, -0.25) is 14.8 Å². The van der Waals surface area contributed by atoms with Gasteiger partial charge >= 0.3 is 0 Å². The maximum atomic E-state index is 14.4. The van der Waals surface area contributed by atoms with Gasteiger partial charge in [0, 0.05) is 36.5 Å². The fraction of sp³-hybridized carbons (Fsp3) is 0.370. The van der Waals surface area contributed by atoms with E-state index in [0.29, 0.717) is 11.1 Å². The second-order valence-electron chi connectivity index (χ2n) is 9.50. The van der Waals surface area contributed by atoms with E-state index in [1.165, 1.54) is 25.3 Å². The summed E-state index contributed by atoms with van der Waals surface area (Å²) in [5.74, 6) is -0.563. The maximum Gasteiger partial charge on any atom is 0.251 e. The Morgan fingerprint density at radius 1 is 1.36 bits per heavy atom. The maximum absolute atomic E-state index is 14.4. The number of pyridine rings is 1. The molecular formula is C27H34F2N6O. The highest BCUT2D eigenvalue weighted by molar-refractivity contribution is 5.95. The van der Waals surface area contributed by atoms with Gasteiger partial charge in [-0.2, -0.15) is 0 Å². The van der Waals surface area contributed by atoms with Crippen LogP contribution in [0.25, 0.3) is 5.57 Å². The average molecular weight is 497 g/mol. The molecule has 9 heteroatoms. The van der Waals surface area contributed by atoms with Crippen LogP contribution in [-0.4, -0.2) is 60.6 Å². The predicted octanol–water partition coefficient (Wildman–Crippen LogP) is 3.40. The molecule has 0 radical (unpaired) electrons. The first-order valence-electron chi connectivity index (χ1n) is 11.9. The smallest absolute Gasteiger partial charge is 0.251 e. The first-order chi connectivity index (χ1) is 17.1. The van der Waals surface area contributed by atoms with E-state index in [1.807, 2.05) is 13.1 Å². The Kier molecular flexibility index (Phi) is 8.93. The van der Waals surface area contributed by atoms with Gasteiger partial charge in [-0.1, -0.05) is 31.7 Å². The Morgan fingerprint density at radius 2 is 2.08 bits per heavy atom. The molecule has 1 aromatic heterocycles. The van der Waals surface area contributed by atoms with Crippen molar-refractivity contribution in [1.29, 1.82) is 0 Å². The van der Waals surface area contributed by atoms with Crippen molar-refractivity contribution in [2.24, 2.45) is 10.7 Å². The summed E-state index contributed by atoms with van der Waals surface area (Å²) in [4.78, 5) is 23.2. The number of likely N-dealkylation sites (tertiary alicyclic amines) is 1. The number of halogens is 2. The normalized spacial score (nSPS) is 17.6. The number of aromatic nitrogens is 1. The minimum absolute atomic E-state index is 0.0390. The number of carbonyl (C=O) groups is 1. The molecule has 0 aliphatic carbocycles. The van der Waals surface area contributed by atoms with Gasteiger partial charge in [0.25, 0.3) is 5.91 Å². The Labute approximate surface area is 211 Å². The summed E-state index contributed by atoms with van der Waals surface area (Å²) in [7, 11) is 2.01. The third-order valence-electron chi connectivity index (χ3n) is 6.11. The predicted molar refractivity (Wildman–Crippen MR) is 140 cm³/mol. The number of rotatable bonds is 10. The number of alkyl halides is 1. The number of guanidine groups is 1. The standard InChI is InChI=1S/C27H34F2N6O/c1-5-19(20-8-6-9-21(12-20)25(36)34-22-15-35(4)16-22)14-32-26(30)33-17-27(3,13-18(2)28)24-23(29)10-7-11-31-24/h5-12,14,18,22H,1,13,15-17H2,2-4H3,(H,34,36)(H3,30,32,33)/b19-14+/t18-,27-/m1/s1. The molecule has 1 aromatic carbocycles. The molecule has 3 rings (SSSR count). The summed E-state index contributed by atoms with van der Waals surface area (Å²) in [5, 5.41) is 5.93. The van der Waals surface area contributed by atoms with Crippen molar-refractivity contribution in [2.75, 3.05) is 26.7 Å². The number of allylic oxidation sites excluding steroid dienone is 2. The Morgan fingerprint density at radius 3 is 2.72 bits per heavy atom. The third-order valence-corrected chi connectivity index (χ3v) is 6.11. The summed E-state index contributed by atoms with van der Waals surface area (Å²) < 4.78 is 28.3. The monoisotopic (exact) mass is 496 g/mol. The molecule has 0 bridgehead atoms. The van der Waals surface area contributed by atoms with Crippen LogP contribution in [0.2, 0.25) is 0 Å². The average Bonchev–Trinajstić information content (AvgIpc) is 2.82. The van der Waals surface area contributed by atoms with Gasteiger partial charge < -0.3 is 21.3 Å². The SMILES string of the molecule is C=C/C(=C\NC(N)=NC[C@@](C)(C[C@@H](C)F)c1ncccc1F)c1cccc(C(=O)NC2CN(C)C2)c1. The molecule has 7 nitrogen and oxygen atoms in total. The molecule has 2 heterocycles. The van der Waals surface area contributed by atoms with E-state index in [-0.39, 0.29) is 36.6 Å². The molecule has 36 heavy (non-hydrogen) atoms. The Hall–Kier alpha value is -3.59. The van der Waals surface area contributed by atoms with Crippen LogP contribution >= 0.6 is 0 Å². The lowest BCUT2D eigenvalue weighted by Gasteiger charge is -2.36. The van der Waals surface area contributed by atoms with Gasteiger partial charge in [0.2, 0.25) is 0 Å². The van der Waals surface area contributed by atoms with E-state index >= 15 is 0 Å². The number of amides is 1. The van der Waals surface area contributed by atoms with Crippen molar-refractivity contribution in [3.05, 3.63) is 84.1 Å². The highest BCUT2D eigenvalue weighted by Gasteiger charge is 2.33. The van der Waals surface area contributed by atoms with E-state index in [2.05, 4.69) is 32.1 Å². The molecule has 1 fully saturated rings. The number of hydrogen-bond donors (Lipinski definition) is 3. The summed E-state index contributed by atoms with van der Waals surface area (Å²) >= 11 is 0. The number of nitrogens with two attached hydrogens (primary N) is 1. The molecule has 1 saturated heterocycles. The van der Waals surface area contributed by atoms with E-state index in [4.69, 9.17) is 5.73 Å².